The van der Waals surface area contributed by atoms with E-state index in [1.807, 2.05) is 7.11 Å². The quantitative estimate of drug-likeness (QED) is 0.837. The number of rotatable bonds is 5. The topological polar surface area (TPSA) is 33.7 Å². The second kappa shape index (κ2) is 7.21. The van der Waals surface area contributed by atoms with E-state index >= 15 is 0 Å². The van der Waals surface area contributed by atoms with Crippen LogP contribution >= 0.6 is 0 Å². The van der Waals surface area contributed by atoms with Gasteiger partial charge in [-0.05, 0) is 53.0 Å². The fourth-order valence-corrected chi connectivity index (χ4v) is 3.14. The normalized spacial score (nSPS) is 32.7. The summed E-state index contributed by atoms with van der Waals surface area (Å²) in [5.74, 6) is 0. The van der Waals surface area contributed by atoms with Gasteiger partial charge in [-0.1, -0.05) is 0 Å². The van der Waals surface area contributed by atoms with E-state index in [0.29, 0.717) is 18.3 Å². The molecule has 0 aromatic rings. The fraction of sp³-hybridized carbons (Fsp3) is 1.00. The first kappa shape index (κ1) is 16.2. The maximum atomic E-state index is 6.18. The summed E-state index contributed by atoms with van der Waals surface area (Å²) in [6.07, 6.45) is 6.07. The van der Waals surface area contributed by atoms with E-state index in [4.69, 9.17) is 9.47 Å². The summed E-state index contributed by atoms with van der Waals surface area (Å²) in [6.45, 7) is 10.9. The molecule has 0 aromatic heterocycles. The molecule has 3 unspecified atom stereocenters. The standard InChI is InChI=1S/C16H32N2O2/c1-16(2,3)17-10-13-7-8-15(20-13)12-18-9-5-6-14(11-18)19-4/h13-15,17H,5-12H2,1-4H3. The molecule has 2 heterocycles. The molecule has 0 radical (unpaired) electrons. The highest BCUT2D eigenvalue weighted by Crippen LogP contribution is 2.22. The summed E-state index contributed by atoms with van der Waals surface area (Å²) in [5.41, 5.74) is 0.181. The highest BCUT2D eigenvalue weighted by atomic mass is 16.5. The third kappa shape index (κ3) is 5.32. The molecule has 0 spiro atoms. The minimum Gasteiger partial charge on any atom is -0.380 e. The predicted molar refractivity (Wildman–Crippen MR) is 82.1 cm³/mol. The van der Waals surface area contributed by atoms with Crippen molar-refractivity contribution >= 4 is 0 Å². The monoisotopic (exact) mass is 284 g/mol. The summed E-state index contributed by atoms with van der Waals surface area (Å²) in [4.78, 5) is 2.52. The van der Waals surface area contributed by atoms with Crippen molar-refractivity contribution < 1.29 is 9.47 Å². The van der Waals surface area contributed by atoms with Gasteiger partial charge in [0.05, 0.1) is 18.3 Å². The second-order valence-corrected chi connectivity index (χ2v) is 7.35. The molecule has 1 N–H and O–H groups in total. The van der Waals surface area contributed by atoms with Crippen LogP contribution in [-0.4, -0.2) is 62.0 Å². The minimum absolute atomic E-state index is 0.181. The molecule has 0 aliphatic carbocycles. The lowest BCUT2D eigenvalue weighted by molar-refractivity contribution is -0.0107. The average molecular weight is 284 g/mol. The zero-order valence-electron chi connectivity index (χ0n) is 13.7. The van der Waals surface area contributed by atoms with Crippen molar-refractivity contribution in [3.63, 3.8) is 0 Å². The molecule has 2 saturated heterocycles. The third-order valence-electron chi connectivity index (χ3n) is 4.31. The van der Waals surface area contributed by atoms with Crippen LogP contribution in [0.2, 0.25) is 0 Å². The zero-order chi connectivity index (χ0) is 14.6. The van der Waals surface area contributed by atoms with Crippen molar-refractivity contribution in [2.75, 3.05) is 33.3 Å². The van der Waals surface area contributed by atoms with Crippen LogP contribution in [0.5, 0.6) is 0 Å². The number of hydrogen-bond donors (Lipinski definition) is 1. The first-order chi connectivity index (χ1) is 9.46. The lowest BCUT2D eigenvalue weighted by Gasteiger charge is -2.33. The van der Waals surface area contributed by atoms with Gasteiger partial charge in [-0.3, -0.25) is 4.90 Å². The number of piperidine rings is 1. The maximum Gasteiger partial charge on any atom is 0.0707 e. The number of hydrogen-bond acceptors (Lipinski definition) is 4. The predicted octanol–water partition coefficient (Wildman–Crippen LogP) is 2.03. The first-order valence-corrected chi connectivity index (χ1v) is 8.12. The van der Waals surface area contributed by atoms with Crippen LogP contribution in [0.1, 0.15) is 46.5 Å². The molecular formula is C16H32N2O2. The van der Waals surface area contributed by atoms with E-state index in [-0.39, 0.29) is 5.54 Å². The Balaban J connectivity index is 1.68. The van der Waals surface area contributed by atoms with Gasteiger partial charge in [0.15, 0.2) is 0 Å². The van der Waals surface area contributed by atoms with Crippen molar-refractivity contribution in [3.05, 3.63) is 0 Å². The van der Waals surface area contributed by atoms with E-state index in [0.717, 1.165) is 19.6 Å². The van der Waals surface area contributed by atoms with Crippen LogP contribution in [0.15, 0.2) is 0 Å². The number of nitrogens with one attached hydrogen (secondary N) is 1. The van der Waals surface area contributed by atoms with Gasteiger partial charge < -0.3 is 14.8 Å². The fourth-order valence-electron chi connectivity index (χ4n) is 3.14. The summed E-state index contributed by atoms with van der Waals surface area (Å²) >= 11 is 0. The Labute approximate surface area is 124 Å². The molecule has 0 aromatic carbocycles. The highest BCUT2D eigenvalue weighted by molar-refractivity contribution is 4.82. The van der Waals surface area contributed by atoms with E-state index < -0.39 is 0 Å². The van der Waals surface area contributed by atoms with Gasteiger partial charge in [0.25, 0.3) is 0 Å². The van der Waals surface area contributed by atoms with Gasteiger partial charge in [0.2, 0.25) is 0 Å². The van der Waals surface area contributed by atoms with Crippen molar-refractivity contribution in [1.29, 1.82) is 0 Å². The van der Waals surface area contributed by atoms with Gasteiger partial charge >= 0.3 is 0 Å². The SMILES string of the molecule is COC1CCCN(CC2CCC(CNC(C)(C)C)O2)C1. The lowest BCUT2D eigenvalue weighted by Crippen LogP contribution is -2.44. The molecule has 3 atom stereocenters. The van der Waals surface area contributed by atoms with Crippen LogP contribution in [0.4, 0.5) is 0 Å². The van der Waals surface area contributed by atoms with Crippen molar-refractivity contribution in [1.82, 2.24) is 10.2 Å². The first-order valence-electron chi connectivity index (χ1n) is 8.12. The summed E-state index contributed by atoms with van der Waals surface area (Å²) in [6, 6.07) is 0. The van der Waals surface area contributed by atoms with E-state index in [9.17, 15) is 0 Å². The number of nitrogens with zero attached hydrogens (tertiary/aromatic N) is 1. The van der Waals surface area contributed by atoms with Crippen molar-refractivity contribution in [2.45, 2.75) is 70.3 Å². The molecule has 2 rings (SSSR count). The van der Waals surface area contributed by atoms with E-state index in [1.54, 1.807) is 0 Å². The maximum absolute atomic E-state index is 6.18. The van der Waals surface area contributed by atoms with Crippen LogP contribution in [0.25, 0.3) is 0 Å². The van der Waals surface area contributed by atoms with E-state index in [1.165, 1.54) is 32.2 Å². The minimum atomic E-state index is 0.181. The Kier molecular flexibility index (Phi) is 5.84. The van der Waals surface area contributed by atoms with Gasteiger partial charge in [0.1, 0.15) is 0 Å². The van der Waals surface area contributed by atoms with Gasteiger partial charge in [-0.2, -0.15) is 0 Å². The van der Waals surface area contributed by atoms with Gasteiger partial charge in [-0.25, -0.2) is 0 Å². The van der Waals surface area contributed by atoms with Crippen LogP contribution < -0.4 is 5.32 Å². The Morgan fingerprint density at radius 1 is 1.20 bits per heavy atom. The molecule has 4 nitrogen and oxygen atoms in total. The Morgan fingerprint density at radius 3 is 2.65 bits per heavy atom. The second-order valence-electron chi connectivity index (χ2n) is 7.35. The highest BCUT2D eigenvalue weighted by Gasteiger charge is 2.29. The van der Waals surface area contributed by atoms with Crippen molar-refractivity contribution in [3.8, 4) is 0 Å². The summed E-state index contributed by atoms with van der Waals surface area (Å²) in [7, 11) is 1.83. The molecule has 20 heavy (non-hydrogen) atoms. The van der Waals surface area contributed by atoms with Crippen LogP contribution in [0.3, 0.4) is 0 Å². The number of likely N-dealkylation sites (tertiary alicyclic amines) is 1. The largest absolute Gasteiger partial charge is 0.380 e. The lowest BCUT2D eigenvalue weighted by atomic mass is 10.1. The average Bonchev–Trinajstić information content (AvgIpc) is 2.83. The smallest absolute Gasteiger partial charge is 0.0707 e. The molecule has 2 fully saturated rings. The number of methoxy groups -OCH3 is 1. The summed E-state index contributed by atoms with van der Waals surface area (Å²) < 4.78 is 11.7. The molecular weight excluding hydrogens is 252 g/mol. The zero-order valence-corrected chi connectivity index (χ0v) is 13.7. The molecule has 0 amide bonds. The molecule has 0 saturated carbocycles. The van der Waals surface area contributed by atoms with Crippen LogP contribution in [0, 0.1) is 0 Å². The third-order valence-corrected chi connectivity index (χ3v) is 4.31. The molecule has 118 valence electrons. The van der Waals surface area contributed by atoms with Crippen molar-refractivity contribution in [2.24, 2.45) is 0 Å². The Morgan fingerprint density at radius 2 is 1.95 bits per heavy atom. The van der Waals surface area contributed by atoms with Gasteiger partial charge in [-0.15, -0.1) is 0 Å². The van der Waals surface area contributed by atoms with Gasteiger partial charge in [0, 0.05) is 32.3 Å². The molecule has 2 aliphatic rings. The Hall–Kier alpha value is -0.160. The molecule has 0 bridgehead atoms. The number of ether oxygens (including phenoxy) is 2. The molecule has 2 aliphatic heterocycles. The van der Waals surface area contributed by atoms with Crippen LogP contribution in [-0.2, 0) is 9.47 Å². The summed E-state index contributed by atoms with van der Waals surface area (Å²) in [5, 5.41) is 3.55. The Bertz CT molecular complexity index is 291. The van der Waals surface area contributed by atoms with E-state index in [2.05, 4.69) is 31.0 Å². The molecule has 4 heteroatoms.